The summed E-state index contributed by atoms with van der Waals surface area (Å²) in [4.78, 5) is 13.4. The van der Waals surface area contributed by atoms with Crippen molar-refractivity contribution < 1.29 is 9.53 Å². The number of carbonyl (C=O) groups is 1. The highest BCUT2D eigenvalue weighted by atomic mass is 16.6. The highest BCUT2D eigenvalue weighted by Gasteiger charge is 2.41. The van der Waals surface area contributed by atoms with Crippen molar-refractivity contribution in [3.63, 3.8) is 0 Å². The standard InChI is InChI=1S/C13H17NO2/c1-10(2)12-8-14(12)13(15)16-9-11-6-4-3-5-7-11/h3-7,10,12H,8-9H2,1-2H3/t12-,14?/m0/s1. The lowest BCUT2D eigenvalue weighted by molar-refractivity contribution is 0.120. The fraction of sp³-hybridized carbons (Fsp3) is 0.462. The Morgan fingerprint density at radius 2 is 2.12 bits per heavy atom. The first kappa shape index (κ1) is 11.0. The normalized spacial score (nSPS) is 18.7. The molecule has 1 aliphatic rings. The first-order valence-corrected chi connectivity index (χ1v) is 5.66. The maximum Gasteiger partial charge on any atom is 0.410 e. The molecule has 0 aromatic heterocycles. The smallest absolute Gasteiger partial charge is 0.410 e. The summed E-state index contributed by atoms with van der Waals surface area (Å²) in [6, 6.07) is 10.1. The Morgan fingerprint density at radius 1 is 1.44 bits per heavy atom. The first-order chi connectivity index (χ1) is 7.68. The zero-order valence-electron chi connectivity index (χ0n) is 9.72. The average Bonchev–Trinajstić information content (AvgIpc) is 3.07. The Morgan fingerprint density at radius 3 is 2.69 bits per heavy atom. The molecule has 3 nitrogen and oxygen atoms in total. The van der Waals surface area contributed by atoms with Crippen molar-refractivity contribution in [1.82, 2.24) is 4.90 Å². The van der Waals surface area contributed by atoms with E-state index in [9.17, 15) is 4.79 Å². The predicted molar refractivity (Wildman–Crippen MR) is 62.0 cm³/mol. The molecule has 0 bridgehead atoms. The maximum atomic E-state index is 11.6. The molecule has 1 saturated heterocycles. The highest BCUT2D eigenvalue weighted by molar-refractivity contribution is 5.71. The Kier molecular flexibility index (Phi) is 3.13. The van der Waals surface area contributed by atoms with Crippen molar-refractivity contribution in [1.29, 1.82) is 0 Å². The van der Waals surface area contributed by atoms with E-state index in [1.54, 1.807) is 4.90 Å². The zero-order chi connectivity index (χ0) is 11.5. The van der Waals surface area contributed by atoms with Crippen LogP contribution in [0.25, 0.3) is 0 Å². The van der Waals surface area contributed by atoms with Crippen LogP contribution in [0.1, 0.15) is 19.4 Å². The molecule has 0 radical (unpaired) electrons. The Hall–Kier alpha value is -1.51. The summed E-state index contributed by atoms with van der Waals surface area (Å²) in [6.45, 7) is 5.44. The summed E-state index contributed by atoms with van der Waals surface area (Å²) in [6.07, 6.45) is -0.192. The second-order valence-electron chi connectivity index (χ2n) is 4.50. The summed E-state index contributed by atoms with van der Waals surface area (Å²) in [5, 5.41) is 0. The van der Waals surface area contributed by atoms with Gasteiger partial charge in [-0.1, -0.05) is 44.2 Å². The number of ether oxygens (including phenoxy) is 1. The molecule has 1 amide bonds. The lowest BCUT2D eigenvalue weighted by Crippen LogP contribution is -2.17. The van der Waals surface area contributed by atoms with Crippen LogP contribution in [-0.2, 0) is 11.3 Å². The van der Waals surface area contributed by atoms with Crippen molar-refractivity contribution in [2.75, 3.05) is 6.54 Å². The van der Waals surface area contributed by atoms with Gasteiger partial charge in [0, 0.05) is 6.54 Å². The van der Waals surface area contributed by atoms with Gasteiger partial charge in [-0.25, -0.2) is 4.79 Å². The zero-order valence-corrected chi connectivity index (χ0v) is 9.72. The number of rotatable bonds is 3. The van der Waals surface area contributed by atoms with Crippen LogP contribution >= 0.6 is 0 Å². The molecule has 0 aliphatic carbocycles. The van der Waals surface area contributed by atoms with E-state index in [4.69, 9.17) is 4.74 Å². The number of benzene rings is 1. The third-order valence-electron chi connectivity index (χ3n) is 2.86. The van der Waals surface area contributed by atoms with Crippen LogP contribution in [0, 0.1) is 5.92 Å². The van der Waals surface area contributed by atoms with Crippen LogP contribution in [0.5, 0.6) is 0 Å². The molecule has 0 spiro atoms. The topological polar surface area (TPSA) is 29.3 Å². The highest BCUT2D eigenvalue weighted by Crippen LogP contribution is 2.26. The van der Waals surface area contributed by atoms with Crippen molar-refractivity contribution in [2.45, 2.75) is 26.5 Å². The lowest BCUT2D eigenvalue weighted by Gasteiger charge is -2.07. The summed E-state index contributed by atoms with van der Waals surface area (Å²) in [5.74, 6) is 0.518. The minimum absolute atomic E-state index is 0.192. The van der Waals surface area contributed by atoms with Gasteiger partial charge in [0.25, 0.3) is 0 Å². The van der Waals surface area contributed by atoms with Gasteiger partial charge in [-0.3, -0.25) is 0 Å². The third kappa shape index (κ3) is 2.54. The average molecular weight is 219 g/mol. The van der Waals surface area contributed by atoms with Crippen LogP contribution in [0.3, 0.4) is 0 Å². The third-order valence-corrected chi connectivity index (χ3v) is 2.86. The lowest BCUT2D eigenvalue weighted by atomic mass is 10.1. The number of carbonyl (C=O) groups excluding carboxylic acids is 1. The van der Waals surface area contributed by atoms with Gasteiger partial charge in [-0.2, -0.15) is 0 Å². The SMILES string of the molecule is CC(C)[C@@H]1CN1C(=O)OCc1ccccc1. The van der Waals surface area contributed by atoms with E-state index in [1.807, 2.05) is 30.3 Å². The molecular formula is C13H17NO2. The number of hydrogen-bond donors (Lipinski definition) is 0. The molecule has 1 aromatic carbocycles. The van der Waals surface area contributed by atoms with Crippen molar-refractivity contribution >= 4 is 6.09 Å². The van der Waals surface area contributed by atoms with E-state index in [1.165, 1.54) is 0 Å². The predicted octanol–water partition coefficient (Wildman–Crippen LogP) is 2.66. The van der Waals surface area contributed by atoms with Crippen molar-refractivity contribution in [3.8, 4) is 0 Å². The Labute approximate surface area is 96.0 Å². The fourth-order valence-corrected chi connectivity index (χ4v) is 1.74. The minimum atomic E-state index is -0.192. The van der Waals surface area contributed by atoms with Crippen LogP contribution in [0.2, 0.25) is 0 Å². The van der Waals surface area contributed by atoms with Crippen molar-refractivity contribution in [3.05, 3.63) is 35.9 Å². The molecule has 1 fully saturated rings. The van der Waals surface area contributed by atoms with E-state index in [2.05, 4.69) is 13.8 Å². The molecule has 3 heteroatoms. The van der Waals surface area contributed by atoms with Gasteiger partial charge >= 0.3 is 6.09 Å². The molecule has 1 atom stereocenters. The minimum Gasteiger partial charge on any atom is -0.445 e. The van der Waals surface area contributed by atoms with E-state index in [-0.39, 0.29) is 6.09 Å². The molecular weight excluding hydrogens is 202 g/mol. The van der Waals surface area contributed by atoms with Gasteiger partial charge in [0.05, 0.1) is 6.04 Å². The number of hydrogen-bond acceptors (Lipinski definition) is 2. The molecule has 0 unspecified atom stereocenters. The van der Waals surface area contributed by atoms with Crippen LogP contribution in [0.15, 0.2) is 30.3 Å². The Bertz CT molecular complexity index is 361. The number of nitrogens with zero attached hydrogens (tertiary/aromatic N) is 1. The summed E-state index contributed by atoms with van der Waals surface area (Å²) < 4.78 is 5.22. The van der Waals surface area contributed by atoms with E-state index in [0.29, 0.717) is 18.6 Å². The maximum absolute atomic E-state index is 11.6. The van der Waals surface area contributed by atoms with E-state index < -0.39 is 0 Å². The van der Waals surface area contributed by atoms with Crippen LogP contribution in [0.4, 0.5) is 4.79 Å². The molecule has 1 aromatic rings. The molecule has 1 heterocycles. The molecule has 16 heavy (non-hydrogen) atoms. The summed E-state index contributed by atoms with van der Waals surface area (Å²) >= 11 is 0. The summed E-state index contributed by atoms with van der Waals surface area (Å²) in [5.41, 5.74) is 1.03. The van der Waals surface area contributed by atoms with Crippen molar-refractivity contribution in [2.24, 2.45) is 5.92 Å². The molecule has 0 N–H and O–H groups in total. The van der Waals surface area contributed by atoms with Crippen LogP contribution in [-0.4, -0.2) is 23.6 Å². The van der Waals surface area contributed by atoms with Gasteiger partial charge in [-0.05, 0) is 11.5 Å². The van der Waals surface area contributed by atoms with Crippen LogP contribution < -0.4 is 0 Å². The fourth-order valence-electron chi connectivity index (χ4n) is 1.74. The van der Waals surface area contributed by atoms with E-state index >= 15 is 0 Å². The second-order valence-corrected chi connectivity index (χ2v) is 4.50. The van der Waals surface area contributed by atoms with Gasteiger partial charge < -0.3 is 9.64 Å². The van der Waals surface area contributed by atoms with Gasteiger partial charge in [0.15, 0.2) is 0 Å². The van der Waals surface area contributed by atoms with E-state index in [0.717, 1.165) is 12.1 Å². The second kappa shape index (κ2) is 4.56. The molecule has 86 valence electrons. The first-order valence-electron chi connectivity index (χ1n) is 5.66. The monoisotopic (exact) mass is 219 g/mol. The molecule has 0 saturated carbocycles. The molecule has 1 aliphatic heterocycles. The summed E-state index contributed by atoms with van der Waals surface area (Å²) in [7, 11) is 0. The van der Waals surface area contributed by atoms with Gasteiger partial charge in [-0.15, -0.1) is 0 Å². The number of amides is 1. The van der Waals surface area contributed by atoms with Gasteiger partial charge in [0.1, 0.15) is 6.61 Å². The van der Waals surface area contributed by atoms with Gasteiger partial charge in [0.2, 0.25) is 0 Å². The largest absolute Gasteiger partial charge is 0.445 e. The Balaban J connectivity index is 1.78. The molecule has 2 rings (SSSR count). The quantitative estimate of drug-likeness (QED) is 0.731.